The maximum Gasteiger partial charge on any atom is 0.0558 e. The van der Waals surface area contributed by atoms with Crippen molar-refractivity contribution < 1.29 is 0 Å². The highest BCUT2D eigenvalue weighted by molar-refractivity contribution is 7.26. The summed E-state index contributed by atoms with van der Waals surface area (Å²) in [4.78, 5) is 0. The molecule has 0 spiro atoms. The first-order chi connectivity index (χ1) is 27.2. The molecule has 1 N–H and O–H groups in total. The fraction of sp³-hybridized carbons (Fsp3) is 0.0189. The molecule has 0 bridgehead atoms. The van der Waals surface area contributed by atoms with Crippen molar-refractivity contribution in [3.05, 3.63) is 206 Å². The normalized spacial score (nSPS) is 11.4. The Balaban J connectivity index is 1.18. The zero-order valence-electron chi connectivity index (χ0n) is 30.5. The van der Waals surface area contributed by atoms with Crippen molar-refractivity contribution in [3.8, 4) is 55.6 Å². The molecule has 10 aromatic rings. The first-order valence-electron chi connectivity index (χ1n) is 18.8. The summed E-state index contributed by atoms with van der Waals surface area (Å²) in [5.41, 5.74) is 15.5. The molecule has 0 aliphatic carbocycles. The van der Waals surface area contributed by atoms with Gasteiger partial charge in [0.05, 0.1) is 5.69 Å². The molecule has 0 amide bonds. The second-order valence-corrected chi connectivity index (χ2v) is 15.3. The van der Waals surface area contributed by atoms with Crippen LogP contribution >= 0.6 is 11.3 Å². The van der Waals surface area contributed by atoms with Crippen molar-refractivity contribution in [2.75, 3.05) is 5.32 Å². The summed E-state index contributed by atoms with van der Waals surface area (Å²) >= 11 is 1.88. The van der Waals surface area contributed by atoms with Gasteiger partial charge in [0.2, 0.25) is 0 Å². The fourth-order valence-corrected chi connectivity index (χ4v) is 9.28. The van der Waals surface area contributed by atoms with E-state index in [2.05, 4.69) is 212 Å². The Bertz CT molecular complexity index is 2990. The molecule has 1 aromatic heterocycles. The molecule has 0 aliphatic rings. The number of nitrogens with one attached hydrogen (secondary N) is 1. The summed E-state index contributed by atoms with van der Waals surface area (Å²) in [6, 6.07) is 72.8. The van der Waals surface area contributed by atoms with Gasteiger partial charge in [0.1, 0.15) is 0 Å². The lowest BCUT2D eigenvalue weighted by Gasteiger charge is -2.22. The highest BCUT2D eigenvalue weighted by Crippen LogP contribution is 2.51. The largest absolute Gasteiger partial charge is 0.354 e. The first kappa shape index (κ1) is 32.9. The fourth-order valence-electron chi connectivity index (χ4n) is 8.03. The highest BCUT2D eigenvalue weighted by Gasteiger charge is 2.22. The van der Waals surface area contributed by atoms with Gasteiger partial charge >= 0.3 is 0 Å². The summed E-state index contributed by atoms with van der Waals surface area (Å²) in [5.74, 6) is 0. The number of hydrogen-bond acceptors (Lipinski definition) is 2. The Labute approximate surface area is 325 Å². The van der Waals surface area contributed by atoms with E-state index in [0.717, 1.165) is 11.4 Å². The van der Waals surface area contributed by atoms with Crippen LogP contribution in [-0.2, 0) is 0 Å². The first-order valence-corrected chi connectivity index (χ1v) is 19.7. The molecule has 0 saturated heterocycles. The van der Waals surface area contributed by atoms with Crippen LogP contribution < -0.4 is 5.32 Å². The van der Waals surface area contributed by atoms with E-state index in [4.69, 9.17) is 0 Å². The van der Waals surface area contributed by atoms with Gasteiger partial charge < -0.3 is 5.32 Å². The van der Waals surface area contributed by atoms with E-state index in [1.54, 1.807) is 0 Å². The summed E-state index contributed by atoms with van der Waals surface area (Å²) in [7, 11) is 0. The molecule has 260 valence electrons. The molecule has 0 saturated carbocycles. The minimum Gasteiger partial charge on any atom is -0.354 e. The summed E-state index contributed by atoms with van der Waals surface area (Å²) in [6.07, 6.45) is 0. The van der Waals surface area contributed by atoms with E-state index in [9.17, 15) is 0 Å². The molecule has 10 rings (SSSR count). The highest BCUT2D eigenvalue weighted by atomic mass is 32.1. The maximum atomic E-state index is 4.03. The van der Waals surface area contributed by atoms with Crippen LogP contribution in [0, 0.1) is 6.92 Å². The van der Waals surface area contributed by atoms with E-state index in [1.807, 2.05) is 11.3 Å². The topological polar surface area (TPSA) is 12.0 Å². The second kappa shape index (κ2) is 13.9. The molecule has 0 radical (unpaired) electrons. The van der Waals surface area contributed by atoms with E-state index < -0.39 is 0 Å². The predicted molar refractivity (Wildman–Crippen MR) is 238 cm³/mol. The molecule has 0 unspecified atom stereocenters. The van der Waals surface area contributed by atoms with Gasteiger partial charge in [-0.25, -0.2) is 0 Å². The Hall–Kier alpha value is -6.74. The van der Waals surface area contributed by atoms with Crippen molar-refractivity contribution in [2.45, 2.75) is 6.92 Å². The van der Waals surface area contributed by atoms with Crippen LogP contribution in [0.15, 0.2) is 200 Å². The molecule has 0 atom stereocenters. The lowest BCUT2D eigenvalue weighted by Crippen LogP contribution is -1.99. The van der Waals surface area contributed by atoms with Gasteiger partial charge in [0, 0.05) is 37.0 Å². The lowest BCUT2D eigenvalue weighted by molar-refractivity contribution is 1.45. The SMILES string of the molecule is Cc1ccccc1-c1ccccc1-c1cc2c(sc3ccccc32)c(-c2ccc3ccccc3c2)c1Nc1ccc(-c2ccc(-c3ccccc3)cc2)cc1. The standard InChI is InChI=1S/C53H37NS/c1-35-13-5-8-18-44(35)45-19-9-10-20-46(45)48-34-49-47-21-11-12-22-50(47)55-53(49)51(42-28-27-37-16-6-7-17-41(37)33-42)52(48)54-43-31-29-40(30-32-43)39-25-23-38(24-26-39)36-14-3-2-4-15-36/h2-34,54H,1H3. The van der Waals surface area contributed by atoms with Gasteiger partial charge in [-0.15, -0.1) is 11.3 Å². The number of hydrogen-bond donors (Lipinski definition) is 1. The van der Waals surface area contributed by atoms with Crippen molar-refractivity contribution >= 4 is 53.7 Å². The van der Waals surface area contributed by atoms with Gasteiger partial charge in [-0.05, 0) is 98.1 Å². The molecule has 0 fully saturated rings. The Morgan fingerprint density at radius 1 is 0.382 bits per heavy atom. The van der Waals surface area contributed by atoms with E-state index in [-0.39, 0.29) is 0 Å². The number of benzene rings is 9. The van der Waals surface area contributed by atoms with Crippen molar-refractivity contribution in [1.82, 2.24) is 0 Å². The third-order valence-electron chi connectivity index (χ3n) is 10.8. The predicted octanol–water partition coefficient (Wildman–Crippen LogP) is 15.6. The van der Waals surface area contributed by atoms with Crippen molar-refractivity contribution in [1.29, 1.82) is 0 Å². The van der Waals surface area contributed by atoms with Crippen LogP contribution in [0.25, 0.3) is 86.6 Å². The zero-order valence-corrected chi connectivity index (χ0v) is 31.3. The molecule has 1 nitrogen and oxygen atoms in total. The molecule has 0 aliphatic heterocycles. The van der Waals surface area contributed by atoms with Crippen molar-refractivity contribution in [2.24, 2.45) is 0 Å². The van der Waals surface area contributed by atoms with Gasteiger partial charge in [-0.3, -0.25) is 0 Å². The number of rotatable bonds is 7. The van der Waals surface area contributed by atoms with Gasteiger partial charge in [0.15, 0.2) is 0 Å². The molecule has 2 heteroatoms. The summed E-state index contributed by atoms with van der Waals surface area (Å²) in [6.45, 7) is 2.21. The smallest absolute Gasteiger partial charge is 0.0558 e. The molecule has 9 aromatic carbocycles. The molecular formula is C53H37NS. The summed E-state index contributed by atoms with van der Waals surface area (Å²) < 4.78 is 2.57. The average molecular weight is 720 g/mol. The molecule has 55 heavy (non-hydrogen) atoms. The third-order valence-corrected chi connectivity index (χ3v) is 12.0. The van der Waals surface area contributed by atoms with Crippen LogP contribution in [0.5, 0.6) is 0 Å². The second-order valence-electron chi connectivity index (χ2n) is 14.2. The maximum absolute atomic E-state index is 4.03. The van der Waals surface area contributed by atoms with E-state index in [1.165, 1.54) is 92.1 Å². The number of thiophene rings is 1. The average Bonchev–Trinajstić information content (AvgIpc) is 3.62. The Morgan fingerprint density at radius 3 is 1.65 bits per heavy atom. The van der Waals surface area contributed by atoms with Crippen LogP contribution in [0.2, 0.25) is 0 Å². The number of aryl methyl sites for hydroxylation is 1. The quantitative estimate of drug-likeness (QED) is 0.173. The van der Waals surface area contributed by atoms with Gasteiger partial charge in [-0.2, -0.15) is 0 Å². The zero-order chi connectivity index (χ0) is 36.7. The Kier molecular flexibility index (Phi) is 8.32. The van der Waals surface area contributed by atoms with Crippen LogP contribution in [-0.4, -0.2) is 0 Å². The minimum atomic E-state index is 1.04. The monoisotopic (exact) mass is 719 g/mol. The van der Waals surface area contributed by atoms with E-state index >= 15 is 0 Å². The number of anilines is 2. The van der Waals surface area contributed by atoms with Crippen LogP contribution in [0.3, 0.4) is 0 Å². The Morgan fingerprint density at radius 2 is 0.927 bits per heavy atom. The number of fused-ring (bicyclic) bond motifs is 4. The lowest BCUT2D eigenvalue weighted by atomic mass is 9.87. The molecule has 1 heterocycles. The van der Waals surface area contributed by atoms with Gasteiger partial charge in [0.25, 0.3) is 0 Å². The van der Waals surface area contributed by atoms with Crippen LogP contribution in [0.4, 0.5) is 11.4 Å². The van der Waals surface area contributed by atoms with Crippen LogP contribution in [0.1, 0.15) is 5.56 Å². The van der Waals surface area contributed by atoms with Gasteiger partial charge in [-0.1, -0.05) is 170 Å². The third kappa shape index (κ3) is 6.07. The minimum absolute atomic E-state index is 1.04. The van der Waals surface area contributed by atoms with Crippen molar-refractivity contribution in [3.63, 3.8) is 0 Å². The summed E-state index contributed by atoms with van der Waals surface area (Å²) in [5, 5.41) is 9.06. The molecular weight excluding hydrogens is 683 g/mol. The van der Waals surface area contributed by atoms with E-state index in [0.29, 0.717) is 0 Å².